The van der Waals surface area contributed by atoms with Gasteiger partial charge in [0.1, 0.15) is 5.78 Å². The molecule has 0 unspecified atom stereocenters. The molecule has 0 saturated heterocycles. The molecule has 0 aromatic heterocycles. The van der Waals surface area contributed by atoms with Gasteiger partial charge < -0.3 is 5.32 Å². The van der Waals surface area contributed by atoms with Crippen molar-refractivity contribution in [1.82, 2.24) is 5.32 Å². The van der Waals surface area contributed by atoms with Crippen LogP contribution in [-0.2, 0) is 9.59 Å². The van der Waals surface area contributed by atoms with Gasteiger partial charge in [-0.3, -0.25) is 9.59 Å². The molecule has 0 aromatic rings. The van der Waals surface area contributed by atoms with Crippen LogP contribution >= 0.6 is 0 Å². The van der Waals surface area contributed by atoms with E-state index in [1.54, 1.807) is 0 Å². The summed E-state index contributed by atoms with van der Waals surface area (Å²) in [6.45, 7) is 5.76. The van der Waals surface area contributed by atoms with E-state index in [0.717, 1.165) is 12.8 Å². The normalized spacial score (nSPS) is 23.3. The van der Waals surface area contributed by atoms with E-state index in [-0.39, 0.29) is 23.1 Å². The van der Waals surface area contributed by atoms with E-state index in [2.05, 4.69) is 5.32 Å². The molecule has 0 spiro atoms. The van der Waals surface area contributed by atoms with Crippen molar-refractivity contribution in [3.63, 3.8) is 0 Å². The second-order valence-corrected chi connectivity index (χ2v) is 4.65. The van der Waals surface area contributed by atoms with Crippen molar-refractivity contribution < 1.29 is 9.59 Å². The number of hydrogen-bond donors (Lipinski definition) is 1. The van der Waals surface area contributed by atoms with Gasteiger partial charge >= 0.3 is 0 Å². The van der Waals surface area contributed by atoms with Gasteiger partial charge in [0.2, 0.25) is 5.91 Å². The number of carbonyl (C=O) groups excluding carboxylic acids is 2. The summed E-state index contributed by atoms with van der Waals surface area (Å²) < 4.78 is 0. The molecule has 1 saturated carbocycles. The Morgan fingerprint density at radius 1 is 1.46 bits per heavy atom. The maximum absolute atomic E-state index is 11.5. The Hall–Kier alpha value is -0.860. The topological polar surface area (TPSA) is 46.2 Å². The molecule has 1 atom stereocenters. The van der Waals surface area contributed by atoms with Crippen LogP contribution < -0.4 is 5.32 Å². The molecule has 1 fully saturated rings. The third kappa shape index (κ3) is 2.83. The number of ketones is 1. The smallest absolute Gasteiger partial charge is 0.230 e. The maximum Gasteiger partial charge on any atom is 0.230 e. The van der Waals surface area contributed by atoms with Gasteiger partial charge in [-0.15, -0.1) is 0 Å². The summed E-state index contributed by atoms with van der Waals surface area (Å²) in [7, 11) is 0. The largest absolute Gasteiger partial charge is 0.351 e. The molecule has 3 nitrogen and oxygen atoms in total. The van der Waals surface area contributed by atoms with Gasteiger partial charge in [0.15, 0.2) is 0 Å². The lowest BCUT2D eigenvalue weighted by Gasteiger charge is -2.22. The molecule has 1 aliphatic carbocycles. The molecule has 3 heteroatoms. The van der Waals surface area contributed by atoms with Crippen molar-refractivity contribution in [1.29, 1.82) is 0 Å². The highest BCUT2D eigenvalue weighted by Gasteiger charge is 2.32. The summed E-state index contributed by atoms with van der Waals surface area (Å²) in [4.78, 5) is 22.8. The van der Waals surface area contributed by atoms with Crippen LogP contribution in [0.4, 0.5) is 0 Å². The highest BCUT2D eigenvalue weighted by atomic mass is 16.2. The Bertz CT molecular complexity index is 228. The summed E-state index contributed by atoms with van der Waals surface area (Å²) in [5.74, 6) is -0.379. The van der Waals surface area contributed by atoms with Crippen molar-refractivity contribution in [2.24, 2.45) is 5.92 Å². The second-order valence-electron chi connectivity index (χ2n) is 4.65. The predicted molar refractivity (Wildman–Crippen MR) is 50.2 cm³/mol. The van der Waals surface area contributed by atoms with Gasteiger partial charge in [0.25, 0.3) is 0 Å². The van der Waals surface area contributed by atoms with E-state index in [1.165, 1.54) is 0 Å². The SMILES string of the molecule is CC(C)(C)NC(=O)[C@@H]1CCCC1=O. The molecule has 0 radical (unpaired) electrons. The Balaban J connectivity index is 2.53. The first kappa shape index (κ1) is 10.2. The maximum atomic E-state index is 11.5. The van der Waals surface area contributed by atoms with Gasteiger partial charge in [-0.1, -0.05) is 0 Å². The lowest BCUT2D eigenvalue weighted by atomic mass is 10.0. The third-order valence-corrected chi connectivity index (χ3v) is 2.12. The number of amides is 1. The van der Waals surface area contributed by atoms with Crippen LogP contribution in [0.1, 0.15) is 40.0 Å². The summed E-state index contributed by atoms with van der Waals surface area (Å²) in [5.41, 5.74) is -0.236. The minimum Gasteiger partial charge on any atom is -0.351 e. The van der Waals surface area contributed by atoms with E-state index < -0.39 is 0 Å². The van der Waals surface area contributed by atoms with Crippen LogP contribution in [-0.4, -0.2) is 17.2 Å². The summed E-state index contributed by atoms with van der Waals surface area (Å²) in [6, 6.07) is 0. The number of rotatable bonds is 1. The van der Waals surface area contributed by atoms with Crippen molar-refractivity contribution in [3.8, 4) is 0 Å². The van der Waals surface area contributed by atoms with Gasteiger partial charge in [-0.2, -0.15) is 0 Å². The predicted octanol–water partition coefficient (Wildman–Crippen LogP) is 1.27. The fraction of sp³-hybridized carbons (Fsp3) is 0.800. The lowest BCUT2D eigenvalue weighted by molar-refractivity contribution is -0.133. The van der Waals surface area contributed by atoms with Crippen molar-refractivity contribution >= 4 is 11.7 Å². The van der Waals surface area contributed by atoms with Gasteiger partial charge in [-0.25, -0.2) is 0 Å². The number of carbonyl (C=O) groups is 2. The number of Topliss-reactive ketones (excluding diaryl/α,β-unsaturated/α-hetero) is 1. The first-order chi connectivity index (χ1) is 5.90. The van der Waals surface area contributed by atoms with E-state index in [1.807, 2.05) is 20.8 Å². The quantitative estimate of drug-likeness (QED) is 0.622. The van der Waals surface area contributed by atoms with E-state index >= 15 is 0 Å². The van der Waals surface area contributed by atoms with Crippen LogP contribution in [0.15, 0.2) is 0 Å². The molecule has 0 heterocycles. The zero-order valence-electron chi connectivity index (χ0n) is 8.52. The molecule has 0 aliphatic heterocycles. The first-order valence-corrected chi connectivity index (χ1v) is 4.75. The molecule has 1 rings (SSSR count). The third-order valence-electron chi connectivity index (χ3n) is 2.12. The van der Waals surface area contributed by atoms with Crippen molar-refractivity contribution in [2.45, 2.75) is 45.6 Å². The van der Waals surface area contributed by atoms with Crippen LogP contribution in [0.25, 0.3) is 0 Å². The van der Waals surface area contributed by atoms with E-state index in [0.29, 0.717) is 6.42 Å². The van der Waals surface area contributed by atoms with E-state index in [9.17, 15) is 9.59 Å². The Labute approximate surface area is 78.9 Å². The Morgan fingerprint density at radius 2 is 2.08 bits per heavy atom. The second kappa shape index (κ2) is 3.48. The minimum atomic E-state index is -0.376. The van der Waals surface area contributed by atoms with Crippen molar-refractivity contribution in [3.05, 3.63) is 0 Å². The van der Waals surface area contributed by atoms with Crippen LogP contribution in [0.5, 0.6) is 0 Å². The average molecular weight is 183 g/mol. The molecule has 13 heavy (non-hydrogen) atoms. The summed E-state index contributed by atoms with van der Waals surface area (Å²) in [5, 5.41) is 2.83. The lowest BCUT2D eigenvalue weighted by Crippen LogP contribution is -2.44. The standard InChI is InChI=1S/C10H17NO2/c1-10(2,3)11-9(13)7-5-4-6-8(7)12/h7H,4-6H2,1-3H3,(H,11,13)/t7-/m1/s1. The monoisotopic (exact) mass is 183 g/mol. The molecule has 1 aliphatic rings. The van der Waals surface area contributed by atoms with E-state index in [4.69, 9.17) is 0 Å². The zero-order chi connectivity index (χ0) is 10.1. The molecule has 74 valence electrons. The Kier molecular flexibility index (Phi) is 2.74. The number of hydrogen-bond acceptors (Lipinski definition) is 2. The van der Waals surface area contributed by atoms with Crippen molar-refractivity contribution in [2.75, 3.05) is 0 Å². The molecule has 0 bridgehead atoms. The molecular weight excluding hydrogens is 166 g/mol. The number of nitrogens with one attached hydrogen (secondary N) is 1. The molecule has 1 amide bonds. The first-order valence-electron chi connectivity index (χ1n) is 4.75. The average Bonchev–Trinajstić information content (AvgIpc) is 2.30. The molecule has 1 N–H and O–H groups in total. The van der Waals surface area contributed by atoms with Gasteiger partial charge in [0, 0.05) is 12.0 Å². The highest BCUT2D eigenvalue weighted by Crippen LogP contribution is 2.21. The fourth-order valence-corrected chi connectivity index (χ4v) is 1.55. The molecular formula is C10H17NO2. The van der Waals surface area contributed by atoms with Crippen LogP contribution in [0, 0.1) is 5.92 Å². The van der Waals surface area contributed by atoms with Crippen LogP contribution in [0.2, 0.25) is 0 Å². The van der Waals surface area contributed by atoms with Crippen LogP contribution in [0.3, 0.4) is 0 Å². The Morgan fingerprint density at radius 3 is 2.46 bits per heavy atom. The summed E-state index contributed by atoms with van der Waals surface area (Å²) in [6.07, 6.45) is 2.16. The minimum absolute atomic E-state index is 0.0988. The highest BCUT2D eigenvalue weighted by molar-refractivity contribution is 6.02. The summed E-state index contributed by atoms with van der Waals surface area (Å²) >= 11 is 0. The van der Waals surface area contributed by atoms with Gasteiger partial charge in [0.05, 0.1) is 5.92 Å². The van der Waals surface area contributed by atoms with Gasteiger partial charge in [-0.05, 0) is 33.6 Å². The fourth-order valence-electron chi connectivity index (χ4n) is 1.55. The molecule has 0 aromatic carbocycles. The zero-order valence-corrected chi connectivity index (χ0v) is 8.52.